The number of carbonyl (C=O) groups excluding carboxylic acids is 3. The van der Waals surface area contributed by atoms with Crippen molar-refractivity contribution in [3.63, 3.8) is 0 Å². The van der Waals surface area contributed by atoms with Gasteiger partial charge in [-0.15, -0.1) is 0 Å². The Bertz CT molecular complexity index is 2270. The first-order chi connectivity index (χ1) is 22.2. The summed E-state index contributed by atoms with van der Waals surface area (Å²) in [4.78, 5) is 49.7. The third-order valence-electron chi connectivity index (χ3n) is 9.53. The van der Waals surface area contributed by atoms with Gasteiger partial charge >= 0.3 is 0 Å². The molecule has 4 aliphatic rings. The third kappa shape index (κ3) is 3.22. The van der Waals surface area contributed by atoms with Crippen LogP contribution in [0.1, 0.15) is 38.3 Å². The zero-order chi connectivity index (χ0) is 31.5. The molecular formula is C35H24N4O6S. The van der Waals surface area contributed by atoms with Crippen LogP contribution < -0.4 is 13.9 Å². The highest BCUT2D eigenvalue weighted by molar-refractivity contribution is 7.92. The number of imide groups is 1. The Morgan fingerprint density at radius 2 is 1.52 bits per heavy atom. The van der Waals surface area contributed by atoms with Crippen LogP contribution in [0.2, 0.25) is 0 Å². The minimum atomic E-state index is -4.24. The van der Waals surface area contributed by atoms with Crippen LogP contribution in [0.3, 0.4) is 0 Å². The zero-order valence-corrected chi connectivity index (χ0v) is 25.1. The van der Waals surface area contributed by atoms with E-state index in [-0.39, 0.29) is 28.2 Å². The van der Waals surface area contributed by atoms with Gasteiger partial charge in [0.1, 0.15) is 23.0 Å². The highest BCUT2D eigenvalue weighted by Gasteiger charge is 2.70. The van der Waals surface area contributed by atoms with E-state index in [2.05, 4.69) is 4.98 Å². The number of pyridine rings is 1. The first-order valence-corrected chi connectivity index (χ1v) is 16.2. The predicted molar refractivity (Wildman–Crippen MR) is 168 cm³/mol. The van der Waals surface area contributed by atoms with Crippen LogP contribution in [-0.4, -0.2) is 48.3 Å². The molecule has 11 heteroatoms. The molecule has 1 saturated heterocycles. The molecule has 4 aromatic carbocycles. The number of ether oxygens (including phenoxy) is 1. The number of para-hydroxylation sites is 1. The van der Waals surface area contributed by atoms with Crippen molar-refractivity contribution in [3.05, 3.63) is 126 Å². The fraction of sp³-hybridized carbons (Fsp3) is 0.143. The van der Waals surface area contributed by atoms with Gasteiger partial charge in [-0.2, -0.15) is 0 Å². The van der Waals surface area contributed by atoms with Crippen molar-refractivity contribution in [1.82, 2.24) is 9.88 Å². The van der Waals surface area contributed by atoms with Crippen molar-refractivity contribution >= 4 is 50.0 Å². The van der Waals surface area contributed by atoms with Crippen LogP contribution in [0.5, 0.6) is 5.75 Å². The number of benzene rings is 4. The second-order valence-corrected chi connectivity index (χ2v) is 13.7. The summed E-state index contributed by atoms with van der Waals surface area (Å²) in [6, 6.07) is 25.9. The second kappa shape index (κ2) is 9.01. The van der Waals surface area contributed by atoms with Crippen LogP contribution in [0.4, 0.5) is 11.4 Å². The number of fused-ring (bicyclic) bond motifs is 6. The van der Waals surface area contributed by atoms with Gasteiger partial charge in [0.25, 0.3) is 27.7 Å². The van der Waals surface area contributed by atoms with Crippen molar-refractivity contribution < 1.29 is 27.5 Å². The maximum Gasteiger partial charge on any atom is 0.267 e. The van der Waals surface area contributed by atoms with E-state index in [1.807, 2.05) is 13.0 Å². The Morgan fingerprint density at radius 1 is 0.826 bits per heavy atom. The summed E-state index contributed by atoms with van der Waals surface area (Å²) in [7, 11) is -4.24. The molecule has 3 amide bonds. The normalized spacial score (nSPS) is 22.8. The third-order valence-corrected chi connectivity index (χ3v) is 11.3. The first-order valence-electron chi connectivity index (χ1n) is 14.8. The van der Waals surface area contributed by atoms with Gasteiger partial charge in [0.2, 0.25) is 6.23 Å². The first kappa shape index (κ1) is 26.8. The topological polar surface area (TPSA) is 117 Å². The summed E-state index contributed by atoms with van der Waals surface area (Å²) in [5.41, 5.74) is 1.62. The number of aryl methyl sites for hydroxylation is 1. The van der Waals surface area contributed by atoms with E-state index < -0.39 is 45.6 Å². The monoisotopic (exact) mass is 628 g/mol. The van der Waals surface area contributed by atoms with Gasteiger partial charge in [0.15, 0.2) is 0 Å². The number of rotatable bonds is 3. The van der Waals surface area contributed by atoms with Crippen molar-refractivity contribution in [2.45, 2.75) is 36.0 Å². The molecular weight excluding hydrogens is 604 g/mol. The number of carbonyl (C=O) groups is 3. The number of hydrogen-bond donors (Lipinski definition) is 0. The Labute approximate surface area is 263 Å². The van der Waals surface area contributed by atoms with Crippen molar-refractivity contribution in [2.75, 3.05) is 9.21 Å². The van der Waals surface area contributed by atoms with Gasteiger partial charge in [0, 0.05) is 23.6 Å². The SMILES string of the molecule is Cc1ccc(S(=O)(=O)N2c3ccccc3[C@]34C[C@H](N5C(=O)c6ccccc6C5=O)C(=O)N3c3c(ccc5cccnc35)O[C@H]24)cc1. The maximum atomic E-state index is 14.9. The average molecular weight is 629 g/mol. The van der Waals surface area contributed by atoms with Crippen LogP contribution in [0.25, 0.3) is 10.9 Å². The molecule has 10 nitrogen and oxygen atoms in total. The molecule has 1 spiro atoms. The second-order valence-electron chi connectivity index (χ2n) is 11.9. The summed E-state index contributed by atoms with van der Waals surface area (Å²) < 4.78 is 37.0. The number of sulfonamides is 1. The molecule has 9 rings (SSSR count). The lowest BCUT2D eigenvalue weighted by atomic mass is 9.85. The van der Waals surface area contributed by atoms with Crippen LogP contribution in [0, 0.1) is 6.92 Å². The van der Waals surface area contributed by atoms with Gasteiger partial charge < -0.3 is 4.74 Å². The summed E-state index contributed by atoms with van der Waals surface area (Å²) in [5.74, 6) is -1.40. The largest absolute Gasteiger partial charge is 0.464 e. The molecule has 46 heavy (non-hydrogen) atoms. The van der Waals surface area contributed by atoms with Crippen molar-refractivity contribution in [3.8, 4) is 5.75 Å². The fourth-order valence-corrected chi connectivity index (χ4v) is 9.11. The average Bonchev–Trinajstić information content (AvgIpc) is 3.63. The molecule has 0 saturated carbocycles. The molecule has 1 aromatic heterocycles. The quantitative estimate of drug-likeness (QED) is 0.264. The Morgan fingerprint density at radius 3 is 2.26 bits per heavy atom. The molecule has 5 heterocycles. The highest BCUT2D eigenvalue weighted by atomic mass is 32.2. The summed E-state index contributed by atoms with van der Waals surface area (Å²) in [6.07, 6.45) is 0.260. The lowest BCUT2D eigenvalue weighted by Gasteiger charge is -2.46. The minimum Gasteiger partial charge on any atom is -0.464 e. The van der Waals surface area contributed by atoms with E-state index in [1.165, 1.54) is 4.31 Å². The van der Waals surface area contributed by atoms with Crippen molar-refractivity contribution in [2.24, 2.45) is 0 Å². The molecule has 1 fully saturated rings. The molecule has 3 atom stereocenters. The molecule has 0 bridgehead atoms. The fourth-order valence-electron chi connectivity index (χ4n) is 7.52. The predicted octanol–water partition coefficient (Wildman–Crippen LogP) is 4.77. The molecule has 4 aliphatic heterocycles. The Balaban J connectivity index is 1.31. The smallest absolute Gasteiger partial charge is 0.267 e. The Kier molecular flexibility index (Phi) is 5.25. The highest BCUT2D eigenvalue weighted by Crippen LogP contribution is 2.61. The molecule has 0 radical (unpaired) electrons. The van der Waals surface area contributed by atoms with E-state index in [9.17, 15) is 22.8 Å². The molecule has 0 N–H and O–H groups in total. The zero-order valence-electron chi connectivity index (χ0n) is 24.3. The number of anilines is 2. The van der Waals surface area contributed by atoms with Gasteiger partial charge in [0.05, 0.1) is 27.2 Å². The van der Waals surface area contributed by atoms with Gasteiger partial charge in [-0.1, -0.05) is 54.1 Å². The van der Waals surface area contributed by atoms with Gasteiger partial charge in [-0.25, -0.2) is 12.7 Å². The number of amides is 3. The van der Waals surface area contributed by atoms with E-state index >= 15 is 0 Å². The lowest BCUT2D eigenvalue weighted by molar-refractivity contribution is -0.121. The van der Waals surface area contributed by atoms with Gasteiger partial charge in [-0.05, 0) is 55.5 Å². The Hall–Kier alpha value is -5.55. The van der Waals surface area contributed by atoms with E-state index in [4.69, 9.17) is 4.74 Å². The number of hydrogen-bond acceptors (Lipinski definition) is 7. The number of nitrogens with zero attached hydrogens (tertiary/aromatic N) is 4. The standard InChI is InChI=1S/C35H24N4O6S/c1-20-12-15-22(16-13-20)46(43,44)39-26-11-5-4-10-25(26)35-19-27(37-31(40)23-8-2-3-9-24(23)32(37)41)33(42)38(35)30-28(45-34(35)39)17-14-21-7-6-18-36-29(21)30/h2-18,27,34H,19H2,1H3/t27-,34-,35-/m0/s1. The molecule has 0 unspecified atom stereocenters. The van der Waals surface area contributed by atoms with E-state index in [1.54, 1.807) is 102 Å². The molecule has 0 aliphatic carbocycles. The van der Waals surface area contributed by atoms with Crippen molar-refractivity contribution in [1.29, 1.82) is 0 Å². The maximum absolute atomic E-state index is 14.9. The molecule has 5 aromatic rings. The molecule has 226 valence electrons. The minimum absolute atomic E-state index is 0.0623. The lowest BCUT2D eigenvalue weighted by Crippen LogP contribution is -2.60. The van der Waals surface area contributed by atoms with E-state index in [0.717, 1.165) is 15.8 Å². The summed E-state index contributed by atoms with van der Waals surface area (Å²) >= 11 is 0. The number of aromatic nitrogens is 1. The summed E-state index contributed by atoms with van der Waals surface area (Å²) in [6.45, 7) is 1.87. The summed E-state index contributed by atoms with van der Waals surface area (Å²) in [5, 5.41) is 0.742. The van der Waals surface area contributed by atoms with Gasteiger partial charge in [-0.3, -0.25) is 29.2 Å². The van der Waals surface area contributed by atoms with Crippen LogP contribution in [0.15, 0.2) is 108 Å². The van der Waals surface area contributed by atoms with Crippen LogP contribution in [-0.2, 0) is 20.4 Å². The van der Waals surface area contributed by atoms with E-state index in [0.29, 0.717) is 22.5 Å². The van der Waals surface area contributed by atoms with Crippen LogP contribution >= 0.6 is 0 Å².